The highest BCUT2D eigenvalue weighted by Gasteiger charge is 2.29. The fraction of sp³-hybridized carbons (Fsp3) is 0.438. The molecule has 0 N–H and O–H groups in total. The lowest BCUT2D eigenvalue weighted by atomic mass is 9.99. The van der Waals surface area contributed by atoms with E-state index in [1.807, 2.05) is 29.6 Å². The molecule has 0 saturated carbocycles. The molecule has 0 radical (unpaired) electrons. The van der Waals surface area contributed by atoms with Crippen molar-refractivity contribution >= 4 is 5.91 Å². The maximum atomic E-state index is 12.8. The van der Waals surface area contributed by atoms with Crippen molar-refractivity contribution in [3.05, 3.63) is 46.8 Å². The predicted molar refractivity (Wildman–Crippen MR) is 80.2 cm³/mol. The Morgan fingerprint density at radius 2 is 1.95 bits per heavy atom. The first-order chi connectivity index (χ1) is 10.1. The molecular formula is C16H20N4O. The molecule has 2 aromatic rings. The summed E-state index contributed by atoms with van der Waals surface area (Å²) < 4.78 is 1.85. The quantitative estimate of drug-likeness (QED) is 0.850. The van der Waals surface area contributed by atoms with Crippen molar-refractivity contribution < 1.29 is 4.79 Å². The zero-order valence-corrected chi connectivity index (χ0v) is 12.7. The number of aromatic nitrogens is 3. The number of hydrogen-bond acceptors (Lipinski definition) is 3. The van der Waals surface area contributed by atoms with Crippen molar-refractivity contribution in [2.75, 3.05) is 13.1 Å². The molecule has 1 aliphatic heterocycles. The normalized spacial score (nSPS) is 18.2. The van der Waals surface area contributed by atoms with Crippen LogP contribution in [0.15, 0.2) is 24.5 Å². The number of nitrogens with zero attached hydrogens (tertiary/aromatic N) is 4. The van der Waals surface area contributed by atoms with Gasteiger partial charge in [-0.3, -0.25) is 4.79 Å². The third-order valence-corrected chi connectivity index (χ3v) is 4.16. The van der Waals surface area contributed by atoms with Gasteiger partial charge in [0.05, 0.1) is 12.2 Å². The minimum atomic E-state index is 0.132. The fourth-order valence-electron chi connectivity index (χ4n) is 3.23. The predicted octanol–water partition coefficient (Wildman–Crippen LogP) is 2.29. The summed E-state index contributed by atoms with van der Waals surface area (Å²) in [6.45, 7) is 7.56. The number of carbonyl (C=O) groups is 1. The topological polar surface area (TPSA) is 51.0 Å². The van der Waals surface area contributed by atoms with Gasteiger partial charge in [0.25, 0.3) is 5.91 Å². The van der Waals surface area contributed by atoms with Crippen molar-refractivity contribution in [2.24, 2.45) is 0 Å². The van der Waals surface area contributed by atoms with E-state index >= 15 is 0 Å². The summed E-state index contributed by atoms with van der Waals surface area (Å²) in [7, 11) is 0. The van der Waals surface area contributed by atoms with Gasteiger partial charge >= 0.3 is 0 Å². The molecule has 3 rings (SSSR count). The molecule has 0 aliphatic carbocycles. The Balaban J connectivity index is 1.81. The zero-order valence-electron chi connectivity index (χ0n) is 12.7. The highest BCUT2D eigenvalue weighted by molar-refractivity contribution is 5.97. The molecule has 1 aliphatic rings. The molecular weight excluding hydrogens is 264 g/mol. The maximum absolute atomic E-state index is 12.8. The third kappa shape index (κ3) is 2.55. The van der Waals surface area contributed by atoms with Crippen LogP contribution in [0.2, 0.25) is 0 Å². The molecule has 5 nitrogen and oxygen atoms in total. The van der Waals surface area contributed by atoms with Gasteiger partial charge in [-0.25, -0.2) is 4.68 Å². The van der Waals surface area contributed by atoms with E-state index in [1.54, 1.807) is 6.20 Å². The van der Waals surface area contributed by atoms with E-state index in [9.17, 15) is 4.79 Å². The van der Waals surface area contributed by atoms with Gasteiger partial charge in [-0.15, -0.1) is 5.10 Å². The Kier molecular flexibility index (Phi) is 3.49. The van der Waals surface area contributed by atoms with Gasteiger partial charge in [0.2, 0.25) is 0 Å². The van der Waals surface area contributed by atoms with Gasteiger partial charge in [-0.2, -0.15) is 0 Å². The highest BCUT2D eigenvalue weighted by atomic mass is 16.2. The molecule has 5 heteroatoms. The standard InChI is InChI=1S/C16H20N4O/c1-11-8-12(2)15(13(3)9-11)16(21)19-6-4-14(10-19)20-7-5-17-18-20/h5,7-9,14H,4,6,10H2,1-3H3. The molecule has 1 amide bonds. The first-order valence-corrected chi connectivity index (χ1v) is 7.29. The van der Waals surface area contributed by atoms with Gasteiger partial charge in [-0.05, 0) is 38.3 Å². The van der Waals surface area contributed by atoms with Gasteiger partial charge in [-0.1, -0.05) is 22.9 Å². The summed E-state index contributed by atoms with van der Waals surface area (Å²) in [5.41, 5.74) is 4.16. The van der Waals surface area contributed by atoms with E-state index in [-0.39, 0.29) is 11.9 Å². The lowest BCUT2D eigenvalue weighted by molar-refractivity contribution is 0.0785. The Labute approximate surface area is 124 Å². The number of likely N-dealkylation sites (tertiary alicyclic amines) is 1. The van der Waals surface area contributed by atoms with E-state index in [4.69, 9.17) is 0 Å². The SMILES string of the molecule is Cc1cc(C)c(C(=O)N2CCC(n3ccnn3)C2)c(C)c1. The number of rotatable bonds is 2. The van der Waals surface area contributed by atoms with Crippen LogP contribution in [0.1, 0.15) is 39.5 Å². The average Bonchev–Trinajstić information content (AvgIpc) is 3.08. The van der Waals surface area contributed by atoms with Crippen LogP contribution in [0, 0.1) is 20.8 Å². The van der Waals surface area contributed by atoms with E-state index < -0.39 is 0 Å². The van der Waals surface area contributed by atoms with Crippen LogP contribution in [0.5, 0.6) is 0 Å². The molecule has 110 valence electrons. The van der Waals surface area contributed by atoms with Gasteiger partial charge in [0, 0.05) is 24.8 Å². The van der Waals surface area contributed by atoms with Crippen molar-refractivity contribution in [3.8, 4) is 0 Å². The smallest absolute Gasteiger partial charge is 0.254 e. The number of hydrogen-bond donors (Lipinski definition) is 0. The van der Waals surface area contributed by atoms with Crippen LogP contribution in [-0.4, -0.2) is 38.9 Å². The maximum Gasteiger partial charge on any atom is 0.254 e. The van der Waals surface area contributed by atoms with Crippen molar-refractivity contribution in [1.29, 1.82) is 0 Å². The Hall–Kier alpha value is -2.17. The minimum absolute atomic E-state index is 0.132. The zero-order chi connectivity index (χ0) is 15.0. The second kappa shape index (κ2) is 5.31. The first kappa shape index (κ1) is 13.8. The van der Waals surface area contributed by atoms with Crippen LogP contribution in [0.4, 0.5) is 0 Å². The Bertz CT molecular complexity index is 640. The van der Waals surface area contributed by atoms with E-state index in [1.165, 1.54) is 5.56 Å². The lowest BCUT2D eigenvalue weighted by Crippen LogP contribution is -2.30. The molecule has 0 bridgehead atoms. The molecule has 1 aromatic heterocycles. The minimum Gasteiger partial charge on any atom is -0.336 e. The average molecular weight is 284 g/mol. The van der Waals surface area contributed by atoms with Crippen LogP contribution >= 0.6 is 0 Å². The molecule has 1 fully saturated rings. The monoisotopic (exact) mass is 284 g/mol. The van der Waals surface area contributed by atoms with Crippen molar-refractivity contribution in [2.45, 2.75) is 33.2 Å². The first-order valence-electron chi connectivity index (χ1n) is 7.29. The van der Waals surface area contributed by atoms with Crippen LogP contribution in [-0.2, 0) is 0 Å². The number of benzene rings is 1. The molecule has 0 spiro atoms. The third-order valence-electron chi connectivity index (χ3n) is 4.16. The fourth-order valence-corrected chi connectivity index (χ4v) is 3.23. The summed E-state index contributed by atoms with van der Waals surface area (Å²) in [6.07, 6.45) is 4.47. The van der Waals surface area contributed by atoms with Crippen LogP contribution < -0.4 is 0 Å². The summed E-state index contributed by atoms with van der Waals surface area (Å²) >= 11 is 0. The second-order valence-corrected chi connectivity index (χ2v) is 5.85. The summed E-state index contributed by atoms with van der Waals surface area (Å²) in [6, 6.07) is 4.39. The number of aryl methyl sites for hydroxylation is 3. The number of amides is 1. The van der Waals surface area contributed by atoms with Crippen molar-refractivity contribution in [3.63, 3.8) is 0 Å². The van der Waals surface area contributed by atoms with Crippen LogP contribution in [0.3, 0.4) is 0 Å². The number of carbonyl (C=O) groups excluding carboxylic acids is 1. The largest absolute Gasteiger partial charge is 0.336 e. The highest BCUT2D eigenvalue weighted by Crippen LogP contribution is 2.25. The van der Waals surface area contributed by atoms with Crippen molar-refractivity contribution in [1.82, 2.24) is 19.9 Å². The molecule has 1 atom stereocenters. The lowest BCUT2D eigenvalue weighted by Gasteiger charge is -2.19. The Morgan fingerprint density at radius 3 is 2.57 bits per heavy atom. The van der Waals surface area contributed by atoms with Gasteiger partial charge in [0.1, 0.15) is 0 Å². The summed E-state index contributed by atoms with van der Waals surface area (Å²) in [5.74, 6) is 0.132. The van der Waals surface area contributed by atoms with E-state index in [2.05, 4.69) is 29.4 Å². The second-order valence-electron chi connectivity index (χ2n) is 5.85. The van der Waals surface area contributed by atoms with Gasteiger partial charge < -0.3 is 4.90 Å². The van der Waals surface area contributed by atoms with Crippen LogP contribution in [0.25, 0.3) is 0 Å². The van der Waals surface area contributed by atoms with E-state index in [0.717, 1.165) is 29.7 Å². The summed E-state index contributed by atoms with van der Waals surface area (Å²) in [5, 5.41) is 7.88. The Morgan fingerprint density at radius 1 is 1.24 bits per heavy atom. The molecule has 1 unspecified atom stereocenters. The molecule has 21 heavy (non-hydrogen) atoms. The van der Waals surface area contributed by atoms with E-state index in [0.29, 0.717) is 6.54 Å². The van der Waals surface area contributed by atoms with Gasteiger partial charge in [0.15, 0.2) is 0 Å². The molecule has 2 heterocycles. The molecule has 1 saturated heterocycles. The molecule has 1 aromatic carbocycles. The summed E-state index contributed by atoms with van der Waals surface area (Å²) in [4.78, 5) is 14.7.